The number of carbonyl (C=O) groups excluding carboxylic acids is 2. The Kier molecular flexibility index (Phi) is 5.93. The van der Waals surface area contributed by atoms with Crippen molar-refractivity contribution in [2.24, 2.45) is 16.2 Å². The van der Waals surface area contributed by atoms with E-state index in [1.807, 2.05) is 48.5 Å². The van der Waals surface area contributed by atoms with Gasteiger partial charge in [0.2, 0.25) is 0 Å². The second-order valence-corrected chi connectivity index (χ2v) is 9.05. The number of carbonyl (C=O) groups is 2. The molecule has 0 atom stereocenters. The molecule has 0 radical (unpaired) electrons. The minimum absolute atomic E-state index is 0.00682. The number of Topliss-reactive ketones (excluding diaryl/α,β-unsaturated/α-hetero) is 2. The Morgan fingerprint density at radius 3 is 1.80 bits per heavy atom. The van der Waals surface area contributed by atoms with E-state index in [4.69, 9.17) is 0 Å². The number of nitrogens with zero attached hydrogens (tertiary/aromatic N) is 1. The quantitative estimate of drug-likeness (QED) is 0.526. The van der Waals surface area contributed by atoms with E-state index in [0.717, 1.165) is 5.56 Å². The molecule has 0 fully saturated rings. The van der Waals surface area contributed by atoms with Crippen LogP contribution in [0.1, 0.15) is 60.5 Å². The largest absolute Gasteiger partial charge is 0.299 e. The molecule has 1 aromatic carbocycles. The first-order chi connectivity index (χ1) is 11.2. The van der Waals surface area contributed by atoms with Gasteiger partial charge in [0.15, 0.2) is 0 Å². The number of rotatable bonds is 7. The molecule has 0 aromatic heterocycles. The van der Waals surface area contributed by atoms with Crippen LogP contribution in [0.4, 0.5) is 5.69 Å². The Hall–Kier alpha value is -2.04. The molecular weight excluding hydrogens is 318 g/mol. The molecule has 0 N–H and O–H groups in total. The van der Waals surface area contributed by atoms with Crippen LogP contribution in [0.2, 0.25) is 0 Å². The molecule has 0 aliphatic heterocycles. The van der Waals surface area contributed by atoms with Crippen molar-refractivity contribution in [3.05, 3.63) is 39.9 Å². The van der Waals surface area contributed by atoms with Gasteiger partial charge in [0.25, 0.3) is 5.69 Å². The third-order valence-corrected chi connectivity index (χ3v) is 4.45. The maximum Gasteiger partial charge on any atom is 0.269 e. The van der Waals surface area contributed by atoms with Crippen LogP contribution >= 0.6 is 0 Å². The summed E-state index contributed by atoms with van der Waals surface area (Å²) in [6.07, 6.45) is 0.659. The predicted octanol–water partition coefficient (Wildman–Crippen LogP) is 4.76. The van der Waals surface area contributed by atoms with Gasteiger partial charge in [-0.1, -0.05) is 60.6 Å². The molecule has 0 unspecified atom stereocenters. The first kappa shape index (κ1) is 21.0. The van der Waals surface area contributed by atoms with E-state index >= 15 is 0 Å². The molecule has 0 aliphatic carbocycles. The Morgan fingerprint density at radius 1 is 0.920 bits per heavy atom. The second-order valence-electron chi connectivity index (χ2n) is 9.05. The number of hydrogen-bond acceptors (Lipinski definition) is 4. The fourth-order valence-electron chi connectivity index (χ4n) is 3.46. The first-order valence-electron chi connectivity index (χ1n) is 8.48. The number of benzene rings is 1. The zero-order valence-electron chi connectivity index (χ0n) is 16.3. The molecule has 0 saturated heterocycles. The lowest BCUT2D eigenvalue weighted by molar-refractivity contribution is -0.384. The van der Waals surface area contributed by atoms with Gasteiger partial charge >= 0.3 is 0 Å². The molecule has 138 valence electrons. The molecular formula is C20H29NO4. The Morgan fingerprint density at radius 2 is 1.40 bits per heavy atom. The van der Waals surface area contributed by atoms with Crippen molar-refractivity contribution in [3.8, 4) is 0 Å². The fourth-order valence-corrected chi connectivity index (χ4v) is 3.46. The smallest absolute Gasteiger partial charge is 0.269 e. The summed E-state index contributed by atoms with van der Waals surface area (Å²) < 4.78 is 0. The SMILES string of the molecule is CC(C)(C)C(=O)C(C)(C)CC(C)(C)C(=O)Cc1ccc([N+](=O)[O-])cc1. The summed E-state index contributed by atoms with van der Waals surface area (Å²) in [5.41, 5.74) is -0.976. The highest BCUT2D eigenvalue weighted by molar-refractivity contribution is 5.91. The average Bonchev–Trinajstić information content (AvgIpc) is 2.44. The van der Waals surface area contributed by atoms with Crippen molar-refractivity contribution >= 4 is 17.3 Å². The van der Waals surface area contributed by atoms with E-state index in [9.17, 15) is 19.7 Å². The third-order valence-electron chi connectivity index (χ3n) is 4.45. The van der Waals surface area contributed by atoms with Crippen molar-refractivity contribution in [2.45, 2.75) is 61.3 Å². The number of non-ortho nitro benzene ring substituents is 1. The standard InChI is InChI=1S/C20H29NO4/c1-18(2,3)17(23)20(6,7)13-19(4,5)16(22)12-14-8-10-15(11-9-14)21(24)25/h8-11H,12-13H2,1-7H3. The predicted molar refractivity (Wildman–Crippen MR) is 98.4 cm³/mol. The molecule has 5 nitrogen and oxygen atoms in total. The van der Waals surface area contributed by atoms with Crippen LogP contribution in [0.25, 0.3) is 0 Å². The number of ketones is 2. The maximum atomic E-state index is 12.8. The molecule has 25 heavy (non-hydrogen) atoms. The lowest BCUT2D eigenvalue weighted by Gasteiger charge is -2.36. The van der Waals surface area contributed by atoms with E-state index in [0.29, 0.717) is 6.42 Å². The number of nitro groups is 1. The zero-order chi connectivity index (χ0) is 19.6. The highest BCUT2D eigenvalue weighted by Crippen LogP contribution is 2.40. The highest BCUT2D eigenvalue weighted by atomic mass is 16.6. The van der Waals surface area contributed by atoms with Gasteiger partial charge in [0, 0.05) is 34.8 Å². The first-order valence-corrected chi connectivity index (χ1v) is 8.48. The summed E-state index contributed by atoms with van der Waals surface area (Å²) in [7, 11) is 0. The van der Waals surface area contributed by atoms with Crippen LogP contribution in [-0.2, 0) is 16.0 Å². The summed E-state index contributed by atoms with van der Waals surface area (Å²) in [5.74, 6) is 0.160. The van der Waals surface area contributed by atoms with Crippen molar-refractivity contribution in [2.75, 3.05) is 0 Å². The van der Waals surface area contributed by atoms with Crippen molar-refractivity contribution in [1.82, 2.24) is 0 Å². The monoisotopic (exact) mass is 347 g/mol. The van der Waals surface area contributed by atoms with E-state index in [1.54, 1.807) is 12.1 Å². The summed E-state index contributed by atoms with van der Waals surface area (Å²) in [6.45, 7) is 13.2. The summed E-state index contributed by atoms with van der Waals surface area (Å²) in [6, 6.07) is 6.03. The Balaban J connectivity index is 2.88. The maximum absolute atomic E-state index is 12.8. The van der Waals surface area contributed by atoms with Gasteiger partial charge in [-0.05, 0) is 12.0 Å². The van der Waals surface area contributed by atoms with Gasteiger partial charge in [-0.2, -0.15) is 0 Å². The number of nitro benzene ring substituents is 1. The minimum atomic E-state index is -0.661. The van der Waals surface area contributed by atoms with Gasteiger partial charge in [-0.15, -0.1) is 0 Å². The topological polar surface area (TPSA) is 77.3 Å². The fraction of sp³-hybridized carbons (Fsp3) is 0.600. The lowest BCUT2D eigenvalue weighted by Crippen LogP contribution is -2.40. The Labute approximate surface area is 150 Å². The van der Waals surface area contributed by atoms with Crippen molar-refractivity contribution < 1.29 is 14.5 Å². The van der Waals surface area contributed by atoms with Crippen LogP contribution in [0, 0.1) is 26.4 Å². The van der Waals surface area contributed by atoms with E-state index in [2.05, 4.69) is 0 Å². The normalized spacial score (nSPS) is 12.8. The van der Waals surface area contributed by atoms with Gasteiger partial charge in [-0.25, -0.2) is 0 Å². The lowest BCUT2D eigenvalue weighted by atomic mass is 9.65. The number of hydrogen-bond donors (Lipinski definition) is 0. The molecule has 5 heteroatoms. The Bertz CT molecular complexity index is 664. The van der Waals surface area contributed by atoms with Gasteiger partial charge in [-0.3, -0.25) is 19.7 Å². The third kappa shape index (κ3) is 5.48. The van der Waals surface area contributed by atoms with Gasteiger partial charge < -0.3 is 0 Å². The van der Waals surface area contributed by atoms with Crippen LogP contribution in [0.15, 0.2) is 24.3 Å². The van der Waals surface area contributed by atoms with Crippen LogP contribution in [0.3, 0.4) is 0 Å². The summed E-state index contributed by atoms with van der Waals surface area (Å²) in [4.78, 5) is 35.7. The molecule has 1 rings (SSSR count). The second kappa shape index (κ2) is 7.06. The minimum Gasteiger partial charge on any atom is -0.299 e. The van der Waals surface area contributed by atoms with Gasteiger partial charge in [0.1, 0.15) is 11.6 Å². The van der Waals surface area contributed by atoms with Crippen LogP contribution in [-0.4, -0.2) is 16.5 Å². The average molecular weight is 347 g/mol. The summed E-state index contributed by atoms with van der Waals surface area (Å²) >= 11 is 0. The molecule has 0 spiro atoms. The van der Waals surface area contributed by atoms with Crippen LogP contribution < -0.4 is 0 Å². The summed E-state index contributed by atoms with van der Waals surface area (Å²) in [5, 5.41) is 10.7. The molecule has 0 saturated carbocycles. The zero-order valence-corrected chi connectivity index (χ0v) is 16.3. The van der Waals surface area contributed by atoms with E-state index in [1.165, 1.54) is 12.1 Å². The van der Waals surface area contributed by atoms with Crippen molar-refractivity contribution in [1.29, 1.82) is 0 Å². The van der Waals surface area contributed by atoms with Crippen molar-refractivity contribution in [3.63, 3.8) is 0 Å². The molecule has 0 bridgehead atoms. The highest BCUT2D eigenvalue weighted by Gasteiger charge is 2.42. The van der Waals surface area contributed by atoms with E-state index < -0.39 is 21.2 Å². The van der Waals surface area contributed by atoms with Gasteiger partial charge in [0.05, 0.1) is 4.92 Å². The molecule has 1 aromatic rings. The molecule has 0 amide bonds. The van der Waals surface area contributed by atoms with E-state index in [-0.39, 0.29) is 23.7 Å². The molecule has 0 heterocycles. The molecule has 0 aliphatic rings. The van der Waals surface area contributed by atoms with Crippen LogP contribution in [0.5, 0.6) is 0 Å².